The Labute approximate surface area is 64.3 Å². The molecule has 0 fully saturated rings. The Bertz CT molecular complexity index is 48.1. The largest absolute Gasteiger partial charge is 0.507 e. The molecule has 37 valence electrons. The van der Waals surface area contributed by atoms with Gasteiger partial charge >= 0.3 is 6.16 Å². The third-order valence-electron chi connectivity index (χ3n) is 0.333. The van der Waals surface area contributed by atoms with Gasteiger partial charge in [-0.25, -0.2) is 4.79 Å². The molecule has 0 aliphatic carbocycles. The van der Waals surface area contributed by atoms with Crippen LogP contribution < -0.4 is 0 Å². The maximum absolute atomic E-state index is 9.74. The molecule has 0 aliphatic rings. The predicted molar refractivity (Wildman–Crippen MR) is 25.2 cm³/mol. The van der Waals surface area contributed by atoms with Crippen molar-refractivity contribution >= 4 is 35.7 Å². The Kier molecular flexibility index (Phi) is 9.22. The van der Waals surface area contributed by atoms with E-state index in [2.05, 4.69) is 9.47 Å². The summed E-state index contributed by atoms with van der Waals surface area (Å²) in [6.07, 6.45) is -0.657. The van der Waals surface area contributed by atoms with Gasteiger partial charge < -0.3 is 9.47 Å². The summed E-state index contributed by atoms with van der Waals surface area (Å²) in [5, 5.41) is 0. The second-order valence-corrected chi connectivity index (χ2v) is 0.658. The zero-order valence-electron chi connectivity index (χ0n) is 4.72. The standard InChI is InChI=1S/C3H6O3.Na/c1-5-3(4)6-2;/h1-2H3;. The van der Waals surface area contributed by atoms with Crippen LogP contribution in [0.3, 0.4) is 0 Å². The first-order valence-electron chi connectivity index (χ1n) is 1.43. The van der Waals surface area contributed by atoms with Gasteiger partial charge in [0.15, 0.2) is 0 Å². The molecule has 1 radical (unpaired) electrons. The fourth-order valence-electron chi connectivity index (χ4n) is 0.0833. The van der Waals surface area contributed by atoms with Gasteiger partial charge in [0, 0.05) is 29.6 Å². The van der Waals surface area contributed by atoms with Gasteiger partial charge in [0.05, 0.1) is 14.2 Å². The monoisotopic (exact) mass is 113 g/mol. The molecular weight excluding hydrogens is 107 g/mol. The Hall–Kier alpha value is 0.270. The predicted octanol–water partition coefficient (Wildman–Crippen LogP) is 0.0184. The molecule has 3 nitrogen and oxygen atoms in total. The topological polar surface area (TPSA) is 35.5 Å². The Morgan fingerprint density at radius 3 is 1.57 bits per heavy atom. The van der Waals surface area contributed by atoms with E-state index in [0.29, 0.717) is 0 Å². The van der Waals surface area contributed by atoms with Crippen LogP contribution in [0.1, 0.15) is 0 Å². The first kappa shape index (κ1) is 10.3. The van der Waals surface area contributed by atoms with Crippen molar-refractivity contribution in [2.24, 2.45) is 0 Å². The summed E-state index contributed by atoms with van der Waals surface area (Å²) in [6.45, 7) is 0. The first-order chi connectivity index (χ1) is 2.81. The fraction of sp³-hybridized carbons (Fsp3) is 0.667. The third-order valence-corrected chi connectivity index (χ3v) is 0.333. The molecule has 0 aliphatic heterocycles. The smallest absolute Gasteiger partial charge is 0.438 e. The Morgan fingerprint density at radius 2 is 1.57 bits per heavy atom. The number of methoxy groups -OCH3 is 2. The molecular formula is C3H6NaO3. The first-order valence-corrected chi connectivity index (χ1v) is 1.43. The van der Waals surface area contributed by atoms with Crippen molar-refractivity contribution in [2.75, 3.05) is 14.2 Å². The Morgan fingerprint density at radius 1 is 1.29 bits per heavy atom. The molecule has 0 aromatic rings. The molecule has 4 heteroatoms. The molecule has 0 heterocycles. The van der Waals surface area contributed by atoms with Crippen molar-refractivity contribution in [3.05, 3.63) is 0 Å². The molecule has 0 unspecified atom stereocenters. The van der Waals surface area contributed by atoms with E-state index in [1.165, 1.54) is 14.2 Å². The van der Waals surface area contributed by atoms with Gasteiger partial charge in [-0.3, -0.25) is 0 Å². The van der Waals surface area contributed by atoms with E-state index in [1.54, 1.807) is 0 Å². The van der Waals surface area contributed by atoms with E-state index >= 15 is 0 Å². The van der Waals surface area contributed by atoms with E-state index in [-0.39, 0.29) is 29.6 Å². The average molecular weight is 113 g/mol. The quantitative estimate of drug-likeness (QED) is 0.328. The third kappa shape index (κ3) is 6.27. The van der Waals surface area contributed by atoms with Crippen LogP contribution in [0.4, 0.5) is 4.79 Å². The van der Waals surface area contributed by atoms with Gasteiger partial charge in [0.2, 0.25) is 0 Å². The van der Waals surface area contributed by atoms with E-state index < -0.39 is 6.16 Å². The molecule has 7 heavy (non-hydrogen) atoms. The second-order valence-electron chi connectivity index (χ2n) is 0.658. The molecule has 0 N–H and O–H groups in total. The van der Waals surface area contributed by atoms with Crippen molar-refractivity contribution in [1.82, 2.24) is 0 Å². The number of hydrogen-bond acceptors (Lipinski definition) is 3. The van der Waals surface area contributed by atoms with E-state index in [9.17, 15) is 4.79 Å². The van der Waals surface area contributed by atoms with Crippen molar-refractivity contribution in [1.29, 1.82) is 0 Å². The SMILES string of the molecule is COC(=O)OC.[Na]. The van der Waals surface area contributed by atoms with Gasteiger partial charge in [-0.2, -0.15) is 0 Å². The number of ether oxygens (including phenoxy) is 2. The fourth-order valence-corrected chi connectivity index (χ4v) is 0.0833. The zero-order chi connectivity index (χ0) is 4.99. The minimum absolute atomic E-state index is 0. The molecule has 0 amide bonds. The summed E-state index contributed by atoms with van der Waals surface area (Å²) >= 11 is 0. The van der Waals surface area contributed by atoms with Crippen LogP contribution in [0.2, 0.25) is 0 Å². The number of hydrogen-bond donors (Lipinski definition) is 0. The summed E-state index contributed by atoms with van der Waals surface area (Å²) in [6, 6.07) is 0. The van der Waals surface area contributed by atoms with E-state index in [0.717, 1.165) is 0 Å². The summed E-state index contributed by atoms with van der Waals surface area (Å²) in [5.74, 6) is 0. The van der Waals surface area contributed by atoms with Gasteiger partial charge in [-0.05, 0) is 0 Å². The van der Waals surface area contributed by atoms with Crippen molar-refractivity contribution in [3.63, 3.8) is 0 Å². The number of carbonyl (C=O) groups is 1. The average Bonchev–Trinajstić information content (AvgIpc) is 1.65. The van der Waals surface area contributed by atoms with Crippen LogP contribution >= 0.6 is 0 Å². The van der Waals surface area contributed by atoms with E-state index in [4.69, 9.17) is 0 Å². The van der Waals surface area contributed by atoms with Gasteiger partial charge in [-0.15, -0.1) is 0 Å². The second kappa shape index (κ2) is 6.27. The zero-order valence-corrected chi connectivity index (χ0v) is 6.72. The molecule has 0 saturated heterocycles. The van der Waals surface area contributed by atoms with Crippen LogP contribution in [-0.4, -0.2) is 49.9 Å². The summed E-state index contributed by atoms with van der Waals surface area (Å²) < 4.78 is 8.08. The van der Waals surface area contributed by atoms with Crippen molar-refractivity contribution in [2.45, 2.75) is 0 Å². The minimum Gasteiger partial charge on any atom is -0.438 e. The van der Waals surface area contributed by atoms with Gasteiger partial charge in [-0.1, -0.05) is 0 Å². The minimum atomic E-state index is -0.657. The summed E-state index contributed by atoms with van der Waals surface area (Å²) in [5.41, 5.74) is 0. The van der Waals surface area contributed by atoms with Crippen molar-refractivity contribution in [3.8, 4) is 0 Å². The molecule has 0 aromatic carbocycles. The van der Waals surface area contributed by atoms with Crippen molar-refractivity contribution < 1.29 is 14.3 Å². The van der Waals surface area contributed by atoms with Crippen LogP contribution in [0.25, 0.3) is 0 Å². The maximum Gasteiger partial charge on any atom is 0.507 e. The summed E-state index contributed by atoms with van der Waals surface area (Å²) in [4.78, 5) is 9.74. The normalized spacial score (nSPS) is 6.00. The van der Waals surface area contributed by atoms with Crippen LogP contribution in [0.15, 0.2) is 0 Å². The van der Waals surface area contributed by atoms with Crippen LogP contribution in [0.5, 0.6) is 0 Å². The summed E-state index contributed by atoms with van der Waals surface area (Å²) in [7, 11) is 2.51. The molecule has 0 rings (SSSR count). The Balaban J connectivity index is 0. The number of carbonyl (C=O) groups excluding carboxylic acids is 1. The van der Waals surface area contributed by atoms with E-state index in [1.807, 2.05) is 0 Å². The molecule has 0 saturated carbocycles. The van der Waals surface area contributed by atoms with Gasteiger partial charge in [0.1, 0.15) is 0 Å². The van der Waals surface area contributed by atoms with Crippen LogP contribution in [0, 0.1) is 0 Å². The molecule has 0 spiro atoms. The molecule has 0 bridgehead atoms. The molecule has 0 aromatic heterocycles. The van der Waals surface area contributed by atoms with Crippen LogP contribution in [-0.2, 0) is 9.47 Å². The van der Waals surface area contributed by atoms with Gasteiger partial charge in [0.25, 0.3) is 0 Å². The molecule has 0 atom stereocenters. The number of rotatable bonds is 0. The maximum atomic E-state index is 9.74.